The molecule has 4 heteroatoms. The molecule has 262 valence electrons. The molecule has 4 nitrogen and oxygen atoms in total. The average molecular weight is 717 g/mol. The molecule has 0 saturated heterocycles. The summed E-state index contributed by atoms with van der Waals surface area (Å²) in [6.45, 7) is 4.31. The van der Waals surface area contributed by atoms with Gasteiger partial charge in [0.25, 0.3) is 0 Å². The van der Waals surface area contributed by atoms with Gasteiger partial charge in [0.05, 0.1) is 22.1 Å². The number of para-hydroxylation sites is 4. The molecule has 13 aromatic rings. The van der Waals surface area contributed by atoms with Gasteiger partial charge in [0.2, 0.25) is 0 Å². The van der Waals surface area contributed by atoms with Gasteiger partial charge in [-0.1, -0.05) is 84.9 Å². The lowest BCUT2D eigenvalue weighted by Crippen LogP contribution is -1.93. The fourth-order valence-electron chi connectivity index (χ4n) is 9.70. The number of benzene rings is 9. The Morgan fingerprint density at radius 1 is 0.339 bits per heavy atom. The summed E-state index contributed by atoms with van der Waals surface area (Å²) in [5.41, 5.74) is 12.9. The first-order valence-electron chi connectivity index (χ1n) is 19.3. The van der Waals surface area contributed by atoms with Crippen molar-refractivity contribution in [3.05, 3.63) is 169 Å². The molecule has 0 saturated carbocycles. The van der Waals surface area contributed by atoms with Crippen LogP contribution >= 0.6 is 0 Å². The van der Waals surface area contributed by atoms with Crippen molar-refractivity contribution in [3.63, 3.8) is 0 Å². The number of hydrogen-bond donors (Lipinski definition) is 0. The summed E-state index contributed by atoms with van der Waals surface area (Å²) in [5.74, 6) is 0. The molecule has 0 fully saturated rings. The van der Waals surface area contributed by atoms with Gasteiger partial charge in [-0.2, -0.15) is 0 Å². The van der Waals surface area contributed by atoms with Crippen molar-refractivity contribution in [2.75, 3.05) is 0 Å². The Morgan fingerprint density at radius 2 is 0.696 bits per heavy atom. The molecule has 4 aromatic heterocycles. The minimum atomic E-state index is 0.882. The lowest BCUT2D eigenvalue weighted by atomic mass is 9.97. The van der Waals surface area contributed by atoms with E-state index in [4.69, 9.17) is 8.83 Å². The number of hydrogen-bond acceptors (Lipinski definition) is 2. The molecular formula is C52H32N2O2. The maximum Gasteiger partial charge on any atom is 0.139 e. The van der Waals surface area contributed by atoms with Crippen molar-refractivity contribution in [2.24, 2.45) is 0 Å². The Labute approximate surface area is 320 Å². The van der Waals surface area contributed by atoms with Gasteiger partial charge < -0.3 is 18.0 Å². The molecule has 0 aliphatic carbocycles. The molecule has 56 heavy (non-hydrogen) atoms. The summed E-state index contributed by atoms with van der Waals surface area (Å²) in [4.78, 5) is 0. The minimum absolute atomic E-state index is 0.882. The van der Waals surface area contributed by atoms with Crippen LogP contribution in [0.5, 0.6) is 0 Å². The molecule has 0 N–H and O–H groups in total. The molecule has 4 heterocycles. The van der Waals surface area contributed by atoms with Crippen molar-refractivity contribution in [1.82, 2.24) is 9.13 Å². The van der Waals surface area contributed by atoms with E-state index in [0.29, 0.717) is 0 Å². The van der Waals surface area contributed by atoms with Gasteiger partial charge >= 0.3 is 0 Å². The van der Waals surface area contributed by atoms with E-state index in [1.54, 1.807) is 0 Å². The fraction of sp³-hybridized carbons (Fsp3) is 0.0385. The van der Waals surface area contributed by atoms with Crippen LogP contribution in [0.4, 0.5) is 0 Å². The summed E-state index contributed by atoms with van der Waals surface area (Å²) in [5, 5.41) is 14.1. The molecule has 0 unspecified atom stereocenters. The third-order valence-electron chi connectivity index (χ3n) is 12.4. The lowest BCUT2D eigenvalue weighted by molar-refractivity contribution is 0.657. The first-order valence-corrected chi connectivity index (χ1v) is 19.3. The molecule has 13 rings (SSSR count). The minimum Gasteiger partial charge on any atom is -0.456 e. The molecule has 0 bridgehead atoms. The summed E-state index contributed by atoms with van der Waals surface area (Å²) >= 11 is 0. The second-order valence-corrected chi connectivity index (χ2v) is 15.4. The van der Waals surface area contributed by atoms with Crippen LogP contribution in [-0.4, -0.2) is 9.13 Å². The number of rotatable bonds is 2. The SMILES string of the molecule is Cc1c(C)c2oc3cc4cc(-n5c6ccccc6c6ccccc65)ccc4cc3c2c2c1oc1cc3cc(-n4c5ccccc5c5ccccc54)ccc3cc12. The maximum atomic E-state index is 6.83. The topological polar surface area (TPSA) is 36.1 Å². The number of fused-ring (bicyclic) bond motifs is 15. The van der Waals surface area contributed by atoms with Crippen LogP contribution in [0.15, 0.2) is 167 Å². The molecule has 0 radical (unpaired) electrons. The zero-order chi connectivity index (χ0) is 36.8. The largest absolute Gasteiger partial charge is 0.456 e. The van der Waals surface area contributed by atoms with Crippen molar-refractivity contribution in [2.45, 2.75) is 13.8 Å². The van der Waals surface area contributed by atoms with E-state index < -0.39 is 0 Å². The monoisotopic (exact) mass is 716 g/mol. The third-order valence-corrected chi connectivity index (χ3v) is 12.4. The Kier molecular flexibility index (Phi) is 5.73. The quantitative estimate of drug-likeness (QED) is 0.179. The van der Waals surface area contributed by atoms with Gasteiger partial charge in [0, 0.05) is 54.5 Å². The summed E-state index contributed by atoms with van der Waals surface area (Å²) in [6.07, 6.45) is 0. The Hall–Kier alpha value is -7.30. The van der Waals surface area contributed by atoms with E-state index in [-0.39, 0.29) is 0 Å². The first-order chi connectivity index (χ1) is 27.6. The van der Waals surface area contributed by atoms with Crippen LogP contribution in [0.1, 0.15) is 11.1 Å². The number of aromatic nitrogens is 2. The standard InChI is InChI=1S/C52H32N2O2/c1-29-30(2)52-50(42-26-32-20-22-36(24-34(32)28-48(42)56-52)54-45-17-9-5-13-39(45)40-14-6-10-18-46(40)54)49-41-25-31-19-21-35(23-33(31)27-47(41)55-51(29)49)53-43-15-7-3-11-37(43)38-12-4-8-16-44(38)53/h3-28H,1-2H3. The normalized spacial score (nSPS) is 12.5. The van der Waals surface area contributed by atoms with Crippen LogP contribution in [0, 0.1) is 13.8 Å². The van der Waals surface area contributed by atoms with Crippen molar-refractivity contribution in [3.8, 4) is 11.4 Å². The highest BCUT2D eigenvalue weighted by Crippen LogP contribution is 2.46. The van der Waals surface area contributed by atoms with E-state index >= 15 is 0 Å². The van der Waals surface area contributed by atoms with Crippen LogP contribution in [0.2, 0.25) is 0 Å². The van der Waals surface area contributed by atoms with E-state index in [1.807, 2.05) is 0 Å². The fourth-order valence-corrected chi connectivity index (χ4v) is 9.70. The van der Waals surface area contributed by atoms with Gasteiger partial charge in [-0.25, -0.2) is 0 Å². The number of nitrogens with zero attached hydrogens (tertiary/aromatic N) is 2. The van der Waals surface area contributed by atoms with Crippen molar-refractivity contribution < 1.29 is 8.83 Å². The van der Waals surface area contributed by atoms with E-state index in [1.165, 1.54) is 54.4 Å². The van der Waals surface area contributed by atoms with Gasteiger partial charge in [-0.3, -0.25) is 0 Å². The second kappa shape index (κ2) is 10.7. The first kappa shape index (κ1) is 30.1. The number of furan rings is 2. The van der Waals surface area contributed by atoms with E-state index in [0.717, 1.165) is 77.2 Å². The highest BCUT2D eigenvalue weighted by molar-refractivity contribution is 6.29. The highest BCUT2D eigenvalue weighted by Gasteiger charge is 2.23. The lowest BCUT2D eigenvalue weighted by Gasteiger charge is -2.09. The van der Waals surface area contributed by atoms with E-state index in [9.17, 15) is 0 Å². The van der Waals surface area contributed by atoms with Crippen molar-refractivity contribution >= 4 is 109 Å². The average Bonchev–Trinajstić information content (AvgIpc) is 3.98. The molecule has 0 amide bonds. The summed E-state index contributed by atoms with van der Waals surface area (Å²) in [7, 11) is 0. The van der Waals surface area contributed by atoms with Crippen LogP contribution in [0.3, 0.4) is 0 Å². The molecule has 0 atom stereocenters. The van der Waals surface area contributed by atoms with Crippen LogP contribution < -0.4 is 0 Å². The zero-order valence-corrected chi connectivity index (χ0v) is 30.7. The molecule has 0 spiro atoms. The molecular weight excluding hydrogens is 685 g/mol. The van der Waals surface area contributed by atoms with Gasteiger partial charge in [0.1, 0.15) is 22.3 Å². The predicted octanol–water partition coefficient (Wildman–Crippen LogP) is 14.6. The smallest absolute Gasteiger partial charge is 0.139 e. The van der Waals surface area contributed by atoms with Gasteiger partial charge in [-0.15, -0.1) is 0 Å². The Balaban J connectivity index is 1.02. The Morgan fingerprint density at radius 3 is 1.07 bits per heavy atom. The Bertz CT molecular complexity index is 3490. The van der Waals surface area contributed by atoms with Crippen molar-refractivity contribution in [1.29, 1.82) is 0 Å². The summed E-state index contributed by atoms with van der Waals surface area (Å²) < 4.78 is 18.4. The summed E-state index contributed by atoms with van der Waals surface area (Å²) in [6, 6.07) is 57.3. The zero-order valence-electron chi connectivity index (χ0n) is 30.7. The van der Waals surface area contributed by atoms with Crippen LogP contribution in [-0.2, 0) is 0 Å². The highest BCUT2D eigenvalue weighted by atomic mass is 16.3. The predicted molar refractivity (Wildman–Crippen MR) is 234 cm³/mol. The van der Waals surface area contributed by atoms with Gasteiger partial charge in [-0.05, 0) is 119 Å². The number of aryl methyl sites for hydroxylation is 2. The molecule has 0 aliphatic heterocycles. The maximum absolute atomic E-state index is 6.83. The second-order valence-electron chi connectivity index (χ2n) is 15.4. The molecule has 0 aliphatic rings. The molecule has 9 aromatic carbocycles. The van der Waals surface area contributed by atoms with Crippen LogP contribution in [0.25, 0.3) is 120 Å². The van der Waals surface area contributed by atoms with Gasteiger partial charge in [0.15, 0.2) is 0 Å². The third kappa shape index (κ3) is 3.87. The van der Waals surface area contributed by atoms with E-state index in [2.05, 4.69) is 181 Å².